The molecule has 1 aromatic heterocycles. The minimum atomic E-state index is -0.169. The van der Waals surface area contributed by atoms with Crippen molar-refractivity contribution >= 4 is 21.8 Å². The van der Waals surface area contributed by atoms with Crippen molar-refractivity contribution in [2.24, 2.45) is 5.92 Å². The number of nitrogens with zero attached hydrogens (tertiary/aromatic N) is 2. The molecule has 2 unspecified atom stereocenters. The maximum Gasteiger partial charge on any atom is 0.254 e. The fourth-order valence-electron chi connectivity index (χ4n) is 2.09. The molecule has 0 aromatic carbocycles. The SMILES string of the molecule is N#CC1CCCC1NC(=O)c1cccnc1Br. The minimum absolute atomic E-state index is 0.0281. The lowest BCUT2D eigenvalue weighted by Gasteiger charge is -2.15. The molecule has 0 bridgehead atoms. The molecule has 0 aliphatic heterocycles. The van der Waals surface area contributed by atoms with Crippen molar-refractivity contribution in [3.05, 3.63) is 28.5 Å². The molecule has 4 nitrogen and oxygen atoms in total. The summed E-state index contributed by atoms with van der Waals surface area (Å²) in [5.41, 5.74) is 0.510. The molecule has 1 aliphatic carbocycles. The van der Waals surface area contributed by atoms with Crippen LogP contribution in [0.5, 0.6) is 0 Å². The van der Waals surface area contributed by atoms with Crippen molar-refractivity contribution in [2.45, 2.75) is 25.3 Å². The summed E-state index contributed by atoms with van der Waals surface area (Å²) in [7, 11) is 0. The molecule has 0 saturated heterocycles. The van der Waals surface area contributed by atoms with E-state index < -0.39 is 0 Å². The van der Waals surface area contributed by atoms with E-state index in [0.29, 0.717) is 10.2 Å². The highest BCUT2D eigenvalue weighted by atomic mass is 79.9. The molecular weight excluding hydrogens is 282 g/mol. The second-order valence-corrected chi connectivity index (χ2v) is 4.84. The van der Waals surface area contributed by atoms with Crippen molar-refractivity contribution in [3.8, 4) is 6.07 Å². The van der Waals surface area contributed by atoms with Gasteiger partial charge in [0.2, 0.25) is 0 Å². The molecule has 1 saturated carbocycles. The lowest BCUT2D eigenvalue weighted by molar-refractivity contribution is 0.0931. The van der Waals surface area contributed by atoms with Crippen LogP contribution >= 0.6 is 15.9 Å². The number of hydrogen-bond donors (Lipinski definition) is 1. The third-order valence-electron chi connectivity index (χ3n) is 3.00. The normalized spacial score (nSPS) is 23.1. The highest BCUT2D eigenvalue weighted by Crippen LogP contribution is 2.25. The van der Waals surface area contributed by atoms with Crippen LogP contribution in [0.15, 0.2) is 22.9 Å². The molecule has 2 rings (SSSR count). The van der Waals surface area contributed by atoms with Gasteiger partial charge in [-0.1, -0.05) is 0 Å². The summed E-state index contributed by atoms with van der Waals surface area (Å²) in [6.45, 7) is 0. The molecule has 0 spiro atoms. The van der Waals surface area contributed by atoms with Crippen molar-refractivity contribution in [1.29, 1.82) is 5.26 Å². The second kappa shape index (κ2) is 5.28. The molecule has 5 heteroatoms. The minimum Gasteiger partial charge on any atom is -0.348 e. The van der Waals surface area contributed by atoms with Crippen LogP contribution in [0.4, 0.5) is 0 Å². The Morgan fingerprint density at radius 1 is 1.59 bits per heavy atom. The average Bonchev–Trinajstić information content (AvgIpc) is 2.76. The van der Waals surface area contributed by atoms with Gasteiger partial charge in [-0.15, -0.1) is 0 Å². The third kappa shape index (κ3) is 2.64. The van der Waals surface area contributed by atoms with Crippen LogP contribution in [0.2, 0.25) is 0 Å². The summed E-state index contributed by atoms with van der Waals surface area (Å²) in [5, 5.41) is 11.9. The summed E-state index contributed by atoms with van der Waals surface area (Å²) in [5.74, 6) is -0.230. The van der Waals surface area contributed by atoms with E-state index in [-0.39, 0.29) is 17.9 Å². The van der Waals surface area contributed by atoms with E-state index in [0.717, 1.165) is 19.3 Å². The van der Waals surface area contributed by atoms with Crippen molar-refractivity contribution in [2.75, 3.05) is 0 Å². The maximum atomic E-state index is 12.0. The van der Waals surface area contributed by atoms with E-state index >= 15 is 0 Å². The number of carbonyl (C=O) groups excluding carboxylic acids is 1. The number of pyridine rings is 1. The highest BCUT2D eigenvalue weighted by Gasteiger charge is 2.29. The van der Waals surface area contributed by atoms with Crippen LogP contribution < -0.4 is 5.32 Å². The second-order valence-electron chi connectivity index (χ2n) is 4.09. The quantitative estimate of drug-likeness (QED) is 0.851. The maximum absolute atomic E-state index is 12.0. The predicted molar refractivity (Wildman–Crippen MR) is 66.1 cm³/mol. The van der Waals surface area contributed by atoms with Gasteiger partial charge in [0.1, 0.15) is 4.60 Å². The van der Waals surface area contributed by atoms with Gasteiger partial charge in [0.05, 0.1) is 17.6 Å². The molecule has 0 radical (unpaired) electrons. The first-order valence-corrected chi connectivity index (χ1v) is 6.32. The zero-order chi connectivity index (χ0) is 12.3. The van der Waals surface area contributed by atoms with Crippen molar-refractivity contribution < 1.29 is 4.79 Å². The fraction of sp³-hybridized carbons (Fsp3) is 0.417. The van der Waals surface area contributed by atoms with Gasteiger partial charge in [-0.3, -0.25) is 4.79 Å². The van der Waals surface area contributed by atoms with Crippen LogP contribution in [-0.2, 0) is 0 Å². The van der Waals surface area contributed by atoms with E-state index in [1.165, 1.54) is 0 Å². The van der Waals surface area contributed by atoms with E-state index in [1.54, 1.807) is 18.3 Å². The van der Waals surface area contributed by atoms with Gasteiger partial charge >= 0.3 is 0 Å². The Labute approximate surface area is 108 Å². The first kappa shape index (κ1) is 12.1. The number of rotatable bonds is 2. The number of nitriles is 1. The van der Waals surface area contributed by atoms with Gasteiger partial charge in [0.25, 0.3) is 5.91 Å². The molecule has 1 heterocycles. The molecule has 1 fully saturated rings. The van der Waals surface area contributed by atoms with Crippen LogP contribution in [0, 0.1) is 17.2 Å². The van der Waals surface area contributed by atoms with E-state index in [9.17, 15) is 4.79 Å². The third-order valence-corrected chi connectivity index (χ3v) is 3.63. The first-order valence-electron chi connectivity index (χ1n) is 5.53. The van der Waals surface area contributed by atoms with E-state index in [1.807, 2.05) is 0 Å². The summed E-state index contributed by atoms with van der Waals surface area (Å²) in [6, 6.07) is 5.64. The fourth-order valence-corrected chi connectivity index (χ4v) is 2.52. The van der Waals surface area contributed by atoms with Crippen LogP contribution in [0.1, 0.15) is 29.6 Å². The lowest BCUT2D eigenvalue weighted by atomic mass is 10.1. The van der Waals surface area contributed by atoms with Gasteiger partial charge in [0.15, 0.2) is 0 Å². The van der Waals surface area contributed by atoms with E-state index in [4.69, 9.17) is 5.26 Å². The van der Waals surface area contributed by atoms with Gasteiger partial charge in [0, 0.05) is 12.2 Å². The Balaban J connectivity index is 2.08. The summed E-state index contributed by atoms with van der Waals surface area (Å²) in [4.78, 5) is 16.0. The molecule has 17 heavy (non-hydrogen) atoms. The van der Waals surface area contributed by atoms with Crippen molar-refractivity contribution in [3.63, 3.8) is 0 Å². The molecule has 1 aliphatic rings. The highest BCUT2D eigenvalue weighted by molar-refractivity contribution is 9.10. The van der Waals surface area contributed by atoms with Gasteiger partial charge in [-0.05, 0) is 47.3 Å². The number of nitrogens with one attached hydrogen (secondary N) is 1. The summed E-state index contributed by atoms with van der Waals surface area (Å²) >= 11 is 3.24. The average molecular weight is 294 g/mol. The summed E-state index contributed by atoms with van der Waals surface area (Å²) < 4.78 is 0.531. The Morgan fingerprint density at radius 3 is 3.12 bits per heavy atom. The zero-order valence-corrected chi connectivity index (χ0v) is 10.8. The van der Waals surface area contributed by atoms with Crippen molar-refractivity contribution in [1.82, 2.24) is 10.3 Å². The Kier molecular flexibility index (Phi) is 3.75. The lowest BCUT2D eigenvalue weighted by Crippen LogP contribution is -2.37. The monoisotopic (exact) mass is 293 g/mol. The molecule has 1 amide bonds. The number of carbonyl (C=O) groups is 1. The standard InChI is InChI=1S/C12H12BrN3O/c13-11-9(4-2-6-15-11)12(17)16-10-5-1-3-8(10)7-14/h2,4,6,8,10H,1,3,5H2,(H,16,17). The van der Waals surface area contributed by atoms with Crippen LogP contribution in [0.3, 0.4) is 0 Å². The molecule has 2 atom stereocenters. The molecule has 1 N–H and O–H groups in total. The Hall–Kier alpha value is -1.41. The predicted octanol–water partition coefficient (Wildman–Crippen LogP) is 2.27. The number of amides is 1. The van der Waals surface area contributed by atoms with Gasteiger partial charge < -0.3 is 5.32 Å². The summed E-state index contributed by atoms with van der Waals surface area (Å²) in [6.07, 6.45) is 4.36. The number of aromatic nitrogens is 1. The molecule has 1 aromatic rings. The number of halogens is 1. The zero-order valence-electron chi connectivity index (χ0n) is 9.19. The topological polar surface area (TPSA) is 65.8 Å². The molecular formula is C12H12BrN3O. The largest absolute Gasteiger partial charge is 0.348 e. The van der Waals surface area contributed by atoms with Crippen LogP contribution in [0.25, 0.3) is 0 Å². The van der Waals surface area contributed by atoms with E-state index in [2.05, 4.69) is 32.3 Å². The first-order chi connectivity index (χ1) is 8.22. The Bertz CT molecular complexity index is 469. The van der Waals surface area contributed by atoms with Gasteiger partial charge in [-0.2, -0.15) is 5.26 Å². The van der Waals surface area contributed by atoms with Crippen LogP contribution in [-0.4, -0.2) is 16.9 Å². The smallest absolute Gasteiger partial charge is 0.254 e. The molecule has 88 valence electrons. The Morgan fingerprint density at radius 2 is 2.41 bits per heavy atom. The van der Waals surface area contributed by atoms with Gasteiger partial charge in [-0.25, -0.2) is 4.98 Å². The number of hydrogen-bond acceptors (Lipinski definition) is 3.